The van der Waals surface area contributed by atoms with Crippen LogP contribution in [0.2, 0.25) is 0 Å². The van der Waals surface area contributed by atoms with Crippen molar-refractivity contribution in [1.29, 1.82) is 0 Å². The SMILES string of the molecule is Cc1ccc(C(=O)O)[n+]([O-])c1-c1ccc(F)cc1. The Morgan fingerprint density at radius 2 is 1.83 bits per heavy atom. The van der Waals surface area contributed by atoms with E-state index >= 15 is 0 Å². The lowest BCUT2D eigenvalue weighted by atomic mass is 10.1. The van der Waals surface area contributed by atoms with Gasteiger partial charge in [0, 0.05) is 17.2 Å². The number of nitrogens with zero attached hydrogens (tertiary/aromatic N) is 1. The van der Waals surface area contributed by atoms with Crippen LogP contribution < -0.4 is 4.73 Å². The largest absolute Gasteiger partial charge is 0.618 e. The average molecular weight is 247 g/mol. The molecule has 0 saturated carbocycles. The van der Waals surface area contributed by atoms with Crippen molar-refractivity contribution < 1.29 is 19.0 Å². The molecule has 1 heterocycles. The summed E-state index contributed by atoms with van der Waals surface area (Å²) in [5.74, 6) is -1.71. The third kappa shape index (κ3) is 2.02. The van der Waals surface area contributed by atoms with Crippen molar-refractivity contribution in [3.8, 4) is 11.3 Å². The molecule has 1 aromatic carbocycles. The van der Waals surface area contributed by atoms with Crippen LogP contribution in [0.5, 0.6) is 0 Å². The van der Waals surface area contributed by atoms with Crippen molar-refractivity contribution in [2.24, 2.45) is 0 Å². The van der Waals surface area contributed by atoms with Crippen LogP contribution in [0.4, 0.5) is 4.39 Å². The maximum Gasteiger partial charge on any atom is 0.402 e. The monoisotopic (exact) mass is 247 g/mol. The first-order chi connectivity index (χ1) is 8.50. The molecule has 1 aromatic heterocycles. The predicted molar refractivity (Wildman–Crippen MR) is 62.5 cm³/mol. The summed E-state index contributed by atoms with van der Waals surface area (Å²) < 4.78 is 13.2. The molecule has 0 aliphatic carbocycles. The summed E-state index contributed by atoms with van der Waals surface area (Å²) in [5, 5.41) is 20.8. The Balaban J connectivity index is 2.66. The van der Waals surface area contributed by atoms with Crippen LogP contribution >= 0.6 is 0 Å². The van der Waals surface area contributed by atoms with Crippen LogP contribution in [0.3, 0.4) is 0 Å². The standard InChI is InChI=1S/C13H10FNO3/c1-8-2-7-11(13(16)17)15(18)12(8)9-3-5-10(14)6-4-9/h2-7H,1H3,(H,16,17). The van der Waals surface area contributed by atoms with Gasteiger partial charge in [-0.05, 0) is 37.3 Å². The van der Waals surface area contributed by atoms with E-state index in [0.29, 0.717) is 15.9 Å². The molecule has 0 bridgehead atoms. The fourth-order valence-electron chi connectivity index (χ4n) is 1.74. The molecule has 0 aliphatic heterocycles. The first-order valence-corrected chi connectivity index (χ1v) is 5.23. The van der Waals surface area contributed by atoms with Crippen LogP contribution in [-0.2, 0) is 0 Å². The van der Waals surface area contributed by atoms with Crippen molar-refractivity contribution in [1.82, 2.24) is 0 Å². The van der Waals surface area contributed by atoms with Crippen molar-refractivity contribution in [3.05, 3.63) is 58.7 Å². The minimum atomic E-state index is -1.30. The number of benzene rings is 1. The summed E-state index contributed by atoms with van der Waals surface area (Å²) in [5.41, 5.74) is 0.962. The molecular weight excluding hydrogens is 237 g/mol. The number of hydrogen-bond donors (Lipinski definition) is 1. The number of rotatable bonds is 2. The first kappa shape index (κ1) is 12.0. The second-order valence-corrected chi connectivity index (χ2v) is 3.86. The summed E-state index contributed by atoms with van der Waals surface area (Å²) >= 11 is 0. The van der Waals surface area contributed by atoms with Crippen LogP contribution in [-0.4, -0.2) is 11.1 Å². The Labute approximate surface area is 103 Å². The lowest BCUT2D eigenvalue weighted by Crippen LogP contribution is -2.37. The minimum Gasteiger partial charge on any atom is -0.618 e. The molecule has 1 N–H and O–H groups in total. The molecule has 0 unspecified atom stereocenters. The number of carboxylic acids is 1. The third-order valence-corrected chi connectivity index (χ3v) is 2.62. The summed E-state index contributed by atoms with van der Waals surface area (Å²) in [4.78, 5) is 10.9. The van der Waals surface area contributed by atoms with Crippen LogP contribution in [0.1, 0.15) is 16.1 Å². The van der Waals surface area contributed by atoms with Crippen LogP contribution in [0, 0.1) is 17.9 Å². The predicted octanol–water partition coefficient (Wildman–Crippen LogP) is 2.13. The topological polar surface area (TPSA) is 64.2 Å². The van der Waals surface area contributed by atoms with E-state index in [1.165, 1.54) is 30.3 Å². The number of pyridine rings is 1. The number of hydrogen-bond acceptors (Lipinski definition) is 2. The van der Waals surface area contributed by atoms with Gasteiger partial charge < -0.3 is 10.3 Å². The zero-order chi connectivity index (χ0) is 13.3. The van der Waals surface area contributed by atoms with Gasteiger partial charge in [-0.2, -0.15) is 4.73 Å². The molecule has 0 atom stereocenters. The second-order valence-electron chi connectivity index (χ2n) is 3.86. The molecule has 0 amide bonds. The Hall–Kier alpha value is -2.43. The van der Waals surface area contributed by atoms with E-state index in [2.05, 4.69) is 0 Å². The van der Waals surface area contributed by atoms with Crippen molar-refractivity contribution in [2.75, 3.05) is 0 Å². The van der Waals surface area contributed by atoms with Crippen LogP contribution in [0.15, 0.2) is 36.4 Å². The molecular formula is C13H10FNO3. The molecule has 18 heavy (non-hydrogen) atoms. The van der Waals surface area contributed by atoms with Gasteiger partial charge in [0.2, 0.25) is 5.69 Å². The minimum absolute atomic E-state index is 0.218. The quantitative estimate of drug-likeness (QED) is 0.653. The Bertz CT molecular complexity index is 608. The average Bonchev–Trinajstić information content (AvgIpc) is 2.31. The van der Waals surface area contributed by atoms with Gasteiger partial charge in [0.15, 0.2) is 0 Å². The van der Waals surface area contributed by atoms with Crippen molar-refractivity contribution in [3.63, 3.8) is 0 Å². The Kier molecular flexibility index (Phi) is 2.97. The van der Waals surface area contributed by atoms with E-state index in [1.54, 1.807) is 13.0 Å². The molecule has 0 spiro atoms. The van der Waals surface area contributed by atoms with E-state index in [-0.39, 0.29) is 11.4 Å². The highest BCUT2D eigenvalue weighted by Crippen LogP contribution is 2.20. The van der Waals surface area contributed by atoms with Gasteiger partial charge in [-0.1, -0.05) is 0 Å². The molecule has 2 aromatic rings. The lowest BCUT2D eigenvalue weighted by Gasteiger charge is -2.09. The van der Waals surface area contributed by atoms with Gasteiger partial charge in [-0.15, -0.1) is 0 Å². The van der Waals surface area contributed by atoms with E-state index in [4.69, 9.17) is 5.11 Å². The van der Waals surface area contributed by atoms with Gasteiger partial charge in [-0.25, -0.2) is 9.18 Å². The number of carboxylic acid groups (broad SMARTS) is 1. The van der Waals surface area contributed by atoms with Gasteiger partial charge in [0.25, 0.3) is 0 Å². The fourth-order valence-corrected chi connectivity index (χ4v) is 1.74. The second kappa shape index (κ2) is 4.44. The smallest absolute Gasteiger partial charge is 0.402 e. The van der Waals surface area contributed by atoms with Gasteiger partial charge in [0.1, 0.15) is 5.82 Å². The van der Waals surface area contributed by atoms with Crippen molar-refractivity contribution in [2.45, 2.75) is 6.92 Å². The molecule has 92 valence electrons. The molecule has 0 saturated heterocycles. The lowest BCUT2D eigenvalue weighted by molar-refractivity contribution is -0.597. The summed E-state index contributed by atoms with van der Waals surface area (Å²) in [6.07, 6.45) is 0. The van der Waals surface area contributed by atoms with Crippen molar-refractivity contribution >= 4 is 5.97 Å². The highest BCUT2D eigenvalue weighted by molar-refractivity contribution is 5.84. The molecule has 0 aliphatic rings. The Morgan fingerprint density at radius 1 is 1.22 bits per heavy atom. The van der Waals surface area contributed by atoms with Gasteiger partial charge >= 0.3 is 11.7 Å². The maximum absolute atomic E-state index is 12.8. The van der Waals surface area contributed by atoms with E-state index in [1.807, 2.05) is 0 Å². The maximum atomic E-state index is 12.8. The zero-order valence-electron chi connectivity index (χ0n) is 9.55. The van der Waals surface area contributed by atoms with Gasteiger partial charge in [0.05, 0.1) is 0 Å². The van der Waals surface area contributed by atoms with E-state index < -0.39 is 11.8 Å². The molecule has 4 nitrogen and oxygen atoms in total. The molecule has 0 radical (unpaired) electrons. The van der Waals surface area contributed by atoms with E-state index in [0.717, 1.165) is 0 Å². The first-order valence-electron chi connectivity index (χ1n) is 5.23. The fraction of sp³-hybridized carbons (Fsp3) is 0.0769. The summed E-state index contributed by atoms with van der Waals surface area (Å²) in [6.45, 7) is 1.69. The van der Waals surface area contributed by atoms with Gasteiger partial charge in [-0.3, -0.25) is 0 Å². The number of carbonyl (C=O) groups is 1. The van der Waals surface area contributed by atoms with Crippen LogP contribution in [0.25, 0.3) is 11.3 Å². The normalized spacial score (nSPS) is 10.3. The number of aryl methyl sites for hydroxylation is 1. The number of aromatic carboxylic acids is 1. The van der Waals surface area contributed by atoms with E-state index in [9.17, 15) is 14.4 Å². The Morgan fingerprint density at radius 3 is 2.39 bits per heavy atom. The molecule has 2 rings (SSSR count). The highest BCUT2D eigenvalue weighted by atomic mass is 19.1. The zero-order valence-corrected chi connectivity index (χ0v) is 9.55. The number of halogens is 1. The number of aromatic nitrogens is 1. The summed E-state index contributed by atoms with van der Waals surface area (Å²) in [7, 11) is 0. The molecule has 5 heteroatoms. The third-order valence-electron chi connectivity index (χ3n) is 2.62. The highest BCUT2D eigenvalue weighted by Gasteiger charge is 2.21. The summed E-state index contributed by atoms with van der Waals surface area (Å²) in [6, 6.07) is 8.13. The molecule has 0 fully saturated rings.